The fraction of sp³-hybridized carbons (Fsp3) is 0.0500. The topological polar surface area (TPSA) is 38.3 Å². The van der Waals surface area contributed by atoms with Gasteiger partial charge in [0.2, 0.25) is 0 Å². The molecule has 0 bridgehead atoms. The van der Waals surface area contributed by atoms with Gasteiger partial charge in [-0.2, -0.15) is 0 Å². The standard InChI is InChI=1S/C20H15ClFNO2/c21-17-6-2-3-7-18(17)23-20(24)16-5-1-4-8-19(16)25-13-14-9-11-15(22)12-10-14/h1-12H,13H2,(H,23,24). The average Bonchev–Trinajstić information content (AvgIpc) is 2.63. The van der Waals surface area contributed by atoms with Crippen LogP contribution in [0.4, 0.5) is 10.1 Å². The van der Waals surface area contributed by atoms with E-state index in [4.69, 9.17) is 16.3 Å². The minimum atomic E-state index is -0.317. The second-order valence-electron chi connectivity index (χ2n) is 5.35. The van der Waals surface area contributed by atoms with Gasteiger partial charge in [-0.3, -0.25) is 4.79 Å². The van der Waals surface area contributed by atoms with Gasteiger partial charge in [0.1, 0.15) is 18.2 Å². The molecule has 0 unspecified atom stereocenters. The van der Waals surface area contributed by atoms with Crippen molar-refractivity contribution in [1.29, 1.82) is 0 Å². The summed E-state index contributed by atoms with van der Waals surface area (Å²) in [6.07, 6.45) is 0. The monoisotopic (exact) mass is 355 g/mol. The van der Waals surface area contributed by atoms with Gasteiger partial charge in [0, 0.05) is 0 Å². The van der Waals surface area contributed by atoms with Crippen LogP contribution in [0.25, 0.3) is 0 Å². The first-order valence-electron chi connectivity index (χ1n) is 7.65. The first kappa shape index (κ1) is 17.0. The van der Waals surface area contributed by atoms with Crippen molar-refractivity contribution in [2.75, 3.05) is 5.32 Å². The molecule has 1 amide bonds. The Morgan fingerprint density at radius 2 is 1.64 bits per heavy atom. The molecule has 5 heteroatoms. The predicted molar refractivity (Wildman–Crippen MR) is 96.6 cm³/mol. The molecular formula is C20H15ClFNO2. The van der Waals surface area contributed by atoms with Gasteiger partial charge in [0.25, 0.3) is 5.91 Å². The molecule has 25 heavy (non-hydrogen) atoms. The number of hydrogen-bond acceptors (Lipinski definition) is 2. The summed E-state index contributed by atoms with van der Waals surface area (Å²) in [6.45, 7) is 0.233. The lowest BCUT2D eigenvalue weighted by Crippen LogP contribution is -2.14. The van der Waals surface area contributed by atoms with Crippen LogP contribution in [0.3, 0.4) is 0 Å². The summed E-state index contributed by atoms with van der Waals surface area (Å²) in [4.78, 5) is 12.5. The maximum absolute atomic E-state index is 13.0. The Bertz CT molecular complexity index is 881. The Labute approximate surface area is 150 Å². The van der Waals surface area contributed by atoms with Crippen LogP contribution >= 0.6 is 11.6 Å². The summed E-state index contributed by atoms with van der Waals surface area (Å²) in [5.41, 5.74) is 1.73. The van der Waals surface area contributed by atoms with Gasteiger partial charge in [-0.1, -0.05) is 48.0 Å². The molecule has 126 valence electrons. The molecule has 0 aliphatic heterocycles. The second-order valence-corrected chi connectivity index (χ2v) is 5.75. The SMILES string of the molecule is O=C(Nc1ccccc1Cl)c1ccccc1OCc1ccc(F)cc1. The number of rotatable bonds is 5. The maximum atomic E-state index is 13.0. The molecule has 0 aromatic heterocycles. The van der Waals surface area contributed by atoms with Crippen molar-refractivity contribution in [2.24, 2.45) is 0 Å². The molecule has 3 aromatic rings. The van der Waals surface area contributed by atoms with Gasteiger partial charge in [0.05, 0.1) is 16.3 Å². The van der Waals surface area contributed by atoms with E-state index in [1.807, 2.05) is 0 Å². The van der Waals surface area contributed by atoms with Crippen LogP contribution < -0.4 is 10.1 Å². The number of hydrogen-bond donors (Lipinski definition) is 1. The fourth-order valence-electron chi connectivity index (χ4n) is 2.27. The Balaban J connectivity index is 1.75. The molecule has 3 nitrogen and oxygen atoms in total. The van der Waals surface area contributed by atoms with E-state index in [1.165, 1.54) is 12.1 Å². The number of ether oxygens (including phenoxy) is 1. The van der Waals surface area contributed by atoms with E-state index in [0.29, 0.717) is 22.0 Å². The average molecular weight is 356 g/mol. The van der Waals surface area contributed by atoms with Crippen molar-refractivity contribution in [2.45, 2.75) is 6.61 Å². The first-order valence-corrected chi connectivity index (χ1v) is 8.03. The molecule has 0 aliphatic rings. The zero-order chi connectivity index (χ0) is 17.6. The quantitative estimate of drug-likeness (QED) is 0.673. The predicted octanol–water partition coefficient (Wildman–Crippen LogP) is 5.31. The molecule has 3 rings (SSSR count). The summed E-state index contributed by atoms with van der Waals surface area (Å²) < 4.78 is 18.7. The zero-order valence-corrected chi connectivity index (χ0v) is 14.0. The van der Waals surface area contributed by atoms with E-state index >= 15 is 0 Å². The molecule has 0 saturated heterocycles. The van der Waals surface area contributed by atoms with E-state index < -0.39 is 0 Å². The van der Waals surface area contributed by atoms with Gasteiger partial charge in [-0.15, -0.1) is 0 Å². The highest BCUT2D eigenvalue weighted by molar-refractivity contribution is 6.33. The van der Waals surface area contributed by atoms with Crippen molar-refractivity contribution >= 4 is 23.2 Å². The molecule has 0 aliphatic carbocycles. The molecule has 0 heterocycles. The van der Waals surface area contributed by atoms with Crippen LogP contribution in [0.5, 0.6) is 5.75 Å². The first-order chi connectivity index (χ1) is 12.1. The second kappa shape index (κ2) is 7.81. The van der Waals surface area contributed by atoms with Crippen LogP contribution in [0.2, 0.25) is 5.02 Å². The van der Waals surface area contributed by atoms with Gasteiger partial charge in [-0.05, 0) is 42.0 Å². The van der Waals surface area contributed by atoms with E-state index in [-0.39, 0.29) is 18.3 Å². The number of carbonyl (C=O) groups excluding carboxylic acids is 1. The lowest BCUT2D eigenvalue weighted by Gasteiger charge is -2.12. The number of amides is 1. The van der Waals surface area contributed by atoms with Crippen molar-refractivity contribution < 1.29 is 13.9 Å². The molecule has 0 atom stereocenters. The van der Waals surface area contributed by atoms with E-state index in [1.54, 1.807) is 60.7 Å². The summed E-state index contributed by atoms with van der Waals surface area (Å²) in [5.74, 6) is -0.178. The molecule has 0 spiro atoms. The van der Waals surface area contributed by atoms with Crippen LogP contribution in [0.1, 0.15) is 15.9 Å². The normalized spacial score (nSPS) is 10.3. The third-order valence-electron chi connectivity index (χ3n) is 3.56. The zero-order valence-electron chi connectivity index (χ0n) is 13.2. The summed E-state index contributed by atoms with van der Waals surface area (Å²) >= 11 is 6.07. The number of halogens is 2. The highest BCUT2D eigenvalue weighted by Crippen LogP contribution is 2.24. The van der Waals surface area contributed by atoms with Gasteiger partial charge >= 0.3 is 0 Å². The number of carbonyl (C=O) groups is 1. The summed E-state index contributed by atoms with van der Waals surface area (Å²) in [7, 11) is 0. The fourth-order valence-corrected chi connectivity index (χ4v) is 2.46. The van der Waals surface area contributed by atoms with Crippen LogP contribution in [0.15, 0.2) is 72.8 Å². The van der Waals surface area contributed by atoms with Crippen LogP contribution in [-0.2, 0) is 6.61 Å². The van der Waals surface area contributed by atoms with Gasteiger partial charge in [-0.25, -0.2) is 4.39 Å². The minimum Gasteiger partial charge on any atom is -0.488 e. The van der Waals surface area contributed by atoms with Crippen molar-refractivity contribution in [1.82, 2.24) is 0 Å². The highest BCUT2D eigenvalue weighted by Gasteiger charge is 2.13. The third-order valence-corrected chi connectivity index (χ3v) is 3.89. The molecule has 0 fully saturated rings. The van der Waals surface area contributed by atoms with Gasteiger partial charge < -0.3 is 10.1 Å². The van der Waals surface area contributed by atoms with E-state index in [9.17, 15) is 9.18 Å². The molecular weight excluding hydrogens is 341 g/mol. The summed E-state index contributed by atoms with van der Waals surface area (Å²) in [5, 5.41) is 3.23. The smallest absolute Gasteiger partial charge is 0.259 e. The largest absolute Gasteiger partial charge is 0.488 e. The summed E-state index contributed by atoms with van der Waals surface area (Å²) in [6, 6.07) is 20.0. The number of nitrogens with one attached hydrogen (secondary N) is 1. The third kappa shape index (κ3) is 4.37. The number of benzene rings is 3. The molecule has 3 aromatic carbocycles. The Morgan fingerprint density at radius 3 is 2.40 bits per heavy atom. The van der Waals surface area contributed by atoms with Gasteiger partial charge in [0.15, 0.2) is 0 Å². The lowest BCUT2D eigenvalue weighted by molar-refractivity contribution is 0.102. The number of para-hydroxylation sites is 2. The Hall–Kier alpha value is -2.85. The van der Waals surface area contributed by atoms with E-state index in [0.717, 1.165) is 5.56 Å². The molecule has 0 saturated carbocycles. The minimum absolute atomic E-state index is 0.233. The number of anilines is 1. The maximum Gasteiger partial charge on any atom is 0.259 e. The Kier molecular flexibility index (Phi) is 5.31. The van der Waals surface area contributed by atoms with Crippen molar-refractivity contribution in [3.63, 3.8) is 0 Å². The van der Waals surface area contributed by atoms with Crippen molar-refractivity contribution in [3.8, 4) is 5.75 Å². The highest BCUT2D eigenvalue weighted by atomic mass is 35.5. The molecule has 0 radical (unpaired) electrons. The lowest BCUT2D eigenvalue weighted by atomic mass is 10.1. The van der Waals surface area contributed by atoms with Crippen LogP contribution in [0, 0.1) is 5.82 Å². The van der Waals surface area contributed by atoms with Crippen LogP contribution in [-0.4, -0.2) is 5.91 Å². The molecule has 1 N–H and O–H groups in total. The van der Waals surface area contributed by atoms with E-state index in [2.05, 4.69) is 5.32 Å². The van der Waals surface area contributed by atoms with Crippen molar-refractivity contribution in [3.05, 3.63) is 94.8 Å². The Morgan fingerprint density at radius 1 is 0.960 bits per heavy atom.